The Balaban J connectivity index is 1.11. The van der Waals surface area contributed by atoms with E-state index in [1.807, 2.05) is 0 Å². The molecule has 3 aliphatic heterocycles. The first kappa shape index (κ1) is 26.9. The zero-order valence-electron chi connectivity index (χ0n) is 23.4. The first-order valence-corrected chi connectivity index (χ1v) is 15.3. The predicted octanol–water partition coefficient (Wildman–Crippen LogP) is 5.33. The normalized spacial score (nSPS) is 19.2. The van der Waals surface area contributed by atoms with Crippen LogP contribution in [0, 0.1) is 19.3 Å². The number of β-amino-alcohol motifs (C(OH)–C–C–N with tert-alkyl or cyclic N) is 1. The highest BCUT2D eigenvalue weighted by atomic mass is 32.1. The van der Waals surface area contributed by atoms with Crippen LogP contribution in [-0.4, -0.2) is 79.0 Å². The molecule has 2 saturated heterocycles. The van der Waals surface area contributed by atoms with Gasteiger partial charge in [-0.05, 0) is 61.4 Å². The van der Waals surface area contributed by atoms with E-state index >= 15 is 0 Å². The van der Waals surface area contributed by atoms with Crippen molar-refractivity contribution in [2.24, 2.45) is 5.41 Å². The van der Waals surface area contributed by atoms with Crippen molar-refractivity contribution in [1.82, 2.24) is 14.8 Å². The lowest BCUT2D eigenvalue weighted by molar-refractivity contribution is -0.101. The van der Waals surface area contributed by atoms with E-state index in [9.17, 15) is 5.11 Å². The number of nitrogens with zero attached hydrogens (tertiary/aromatic N) is 3. The van der Waals surface area contributed by atoms with Crippen molar-refractivity contribution in [3.8, 4) is 27.4 Å². The Morgan fingerprint density at radius 3 is 2.62 bits per heavy atom. The largest absolute Gasteiger partial charge is 0.493 e. The number of hydrogen-bond donors (Lipinski definition) is 1. The molecule has 3 aliphatic rings. The second-order valence-electron chi connectivity index (χ2n) is 11.6. The summed E-state index contributed by atoms with van der Waals surface area (Å²) in [6.07, 6.45) is 4.53. The summed E-state index contributed by atoms with van der Waals surface area (Å²) in [6, 6.07) is 13.0. The lowest BCUT2D eigenvalue weighted by Crippen LogP contribution is -2.59. The Kier molecular flexibility index (Phi) is 8.05. The highest BCUT2D eigenvalue weighted by Crippen LogP contribution is 2.40. The fourth-order valence-electron chi connectivity index (χ4n) is 6.61. The first-order chi connectivity index (χ1) is 19.0. The molecule has 0 aliphatic carbocycles. The van der Waals surface area contributed by atoms with Crippen molar-refractivity contribution >= 4 is 11.3 Å². The van der Waals surface area contributed by atoms with Crippen LogP contribution in [0.4, 0.5) is 0 Å². The van der Waals surface area contributed by atoms with E-state index in [1.165, 1.54) is 64.3 Å². The number of fused-ring (bicyclic) bond motifs is 1. The zero-order chi connectivity index (χ0) is 26.8. The summed E-state index contributed by atoms with van der Waals surface area (Å²) in [5, 5.41) is 10.4. The van der Waals surface area contributed by atoms with Gasteiger partial charge in [-0.15, -0.1) is 11.3 Å². The second kappa shape index (κ2) is 11.7. The van der Waals surface area contributed by atoms with Crippen LogP contribution in [0.1, 0.15) is 41.0 Å². The van der Waals surface area contributed by atoms with Gasteiger partial charge in [-0.1, -0.05) is 30.3 Å². The number of thiazole rings is 1. The number of aromatic nitrogens is 1. The van der Waals surface area contributed by atoms with Crippen molar-refractivity contribution in [1.29, 1.82) is 0 Å². The molecule has 1 spiro atoms. The molecule has 1 aromatic heterocycles. The van der Waals surface area contributed by atoms with Gasteiger partial charge in [0.15, 0.2) is 0 Å². The Morgan fingerprint density at radius 2 is 1.82 bits per heavy atom. The van der Waals surface area contributed by atoms with Crippen LogP contribution in [0.3, 0.4) is 0 Å². The molecule has 4 heterocycles. The molecular formula is C32H41N3O3S. The molecule has 2 aromatic carbocycles. The predicted molar refractivity (Wildman–Crippen MR) is 158 cm³/mol. The molecule has 6 rings (SSSR count). The molecule has 1 N–H and O–H groups in total. The molecule has 2 fully saturated rings. The third-order valence-corrected chi connectivity index (χ3v) is 9.88. The third-order valence-electron chi connectivity index (χ3n) is 8.76. The summed E-state index contributed by atoms with van der Waals surface area (Å²) >= 11 is 1.80. The van der Waals surface area contributed by atoms with E-state index in [0.717, 1.165) is 69.6 Å². The van der Waals surface area contributed by atoms with Gasteiger partial charge in [-0.25, -0.2) is 4.98 Å². The maximum atomic E-state index is 9.34. The van der Waals surface area contributed by atoms with Crippen LogP contribution in [0.15, 0.2) is 36.4 Å². The highest BCUT2D eigenvalue weighted by Gasteiger charge is 2.43. The Labute approximate surface area is 236 Å². The summed E-state index contributed by atoms with van der Waals surface area (Å²) in [4.78, 5) is 11.2. The minimum absolute atomic E-state index is 0.208. The average Bonchev–Trinajstić information content (AvgIpc) is 3.35. The molecule has 0 atom stereocenters. The molecule has 3 aromatic rings. The van der Waals surface area contributed by atoms with Gasteiger partial charge in [-0.3, -0.25) is 4.90 Å². The quantitative estimate of drug-likeness (QED) is 0.366. The first-order valence-electron chi connectivity index (χ1n) is 14.5. The molecule has 208 valence electrons. The average molecular weight is 548 g/mol. The number of ether oxygens (including phenoxy) is 2. The fraction of sp³-hybridized carbons (Fsp3) is 0.531. The van der Waals surface area contributed by atoms with Crippen LogP contribution < -0.4 is 4.74 Å². The molecule has 7 heteroatoms. The van der Waals surface area contributed by atoms with Gasteiger partial charge in [0.2, 0.25) is 0 Å². The van der Waals surface area contributed by atoms with Crippen LogP contribution in [0.2, 0.25) is 0 Å². The standard InChI is InChI=1S/C32H41N3O3S/c1-23-25(7-3-9-27(23)31-33-28-11-14-34(15-16-36)19-30(28)39-31)26-8-4-10-29(24(26)2)38-18-6-13-35-20-32(21-35)12-5-17-37-22-32/h3-4,7-10,36H,5-6,11-22H2,1-2H3. The van der Waals surface area contributed by atoms with Crippen molar-refractivity contribution in [2.45, 2.75) is 46.1 Å². The minimum Gasteiger partial charge on any atom is -0.493 e. The van der Waals surface area contributed by atoms with E-state index in [-0.39, 0.29) is 6.61 Å². The Bertz CT molecular complexity index is 1290. The molecular weight excluding hydrogens is 506 g/mol. The monoisotopic (exact) mass is 547 g/mol. The molecule has 0 saturated carbocycles. The molecule has 0 radical (unpaired) electrons. The lowest BCUT2D eigenvalue weighted by Gasteiger charge is -2.52. The maximum Gasteiger partial charge on any atom is 0.124 e. The molecule has 6 nitrogen and oxygen atoms in total. The highest BCUT2D eigenvalue weighted by molar-refractivity contribution is 7.15. The van der Waals surface area contributed by atoms with Crippen LogP contribution in [0.5, 0.6) is 5.75 Å². The zero-order valence-corrected chi connectivity index (χ0v) is 24.2. The third kappa shape index (κ3) is 5.66. The van der Waals surface area contributed by atoms with Gasteiger partial charge in [0, 0.05) is 68.2 Å². The number of aliphatic hydroxyl groups is 1. The summed E-state index contributed by atoms with van der Waals surface area (Å²) in [6.45, 7) is 13.3. The topological polar surface area (TPSA) is 58.1 Å². The molecule has 0 amide bonds. The van der Waals surface area contributed by atoms with Gasteiger partial charge in [0.25, 0.3) is 0 Å². The minimum atomic E-state index is 0.208. The number of likely N-dealkylation sites (tertiary alicyclic amines) is 1. The van der Waals surface area contributed by atoms with Crippen LogP contribution in [-0.2, 0) is 17.7 Å². The lowest BCUT2D eigenvalue weighted by atomic mass is 9.75. The fourth-order valence-corrected chi connectivity index (χ4v) is 7.84. The number of hydrogen-bond acceptors (Lipinski definition) is 7. The van der Waals surface area contributed by atoms with Gasteiger partial charge >= 0.3 is 0 Å². The van der Waals surface area contributed by atoms with Crippen molar-refractivity contribution in [3.63, 3.8) is 0 Å². The van der Waals surface area contributed by atoms with Crippen LogP contribution in [0.25, 0.3) is 21.7 Å². The summed E-state index contributed by atoms with van der Waals surface area (Å²) in [5.41, 5.74) is 7.79. The van der Waals surface area contributed by atoms with Gasteiger partial charge in [-0.2, -0.15) is 0 Å². The summed E-state index contributed by atoms with van der Waals surface area (Å²) in [7, 11) is 0. The van der Waals surface area contributed by atoms with E-state index in [2.05, 4.69) is 60.0 Å². The van der Waals surface area contributed by atoms with Gasteiger partial charge in [0.1, 0.15) is 10.8 Å². The summed E-state index contributed by atoms with van der Waals surface area (Å²) < 4.78 is 12.0. The van der Waals surface area contributed by atoms with Gasteiger partial charge < -0.3 is 19.5 Å². The number of aliphatic hydroxyl groups excluding tert-OH is 1. The van der Waals surface area contributed by atoms with E-state index < -0.39 is 0 Å². The molecule has 0 bridgehead atoms. The molecule has 39 heavy (non-hydrogen) atoms. The van der Waals surface area contributed by atoms with Crippen LogP contribution >= 0.6 is 11.3 Å². The second-order valence-corrected chi connectivity index (χ2v) is 12.7. The van der Waals surface area contributed by atoms with E-state index in [0.29, 0.717) is 5.41 Å². The SMILES string of the molecule is Cc1c(OCCCN2CC3(CCCOC3)C2)cccc1-c1cccc(-c2nc3c(s2)CN(CCO)CC3)c1C. The Hall–Kier alpha value is -2.29. The molecule has 0 unspecified atom stereocenters. The number of rotatable bonds is 9. The Morgan fingerprint density at radius 1 is 1.03 bits per heavy atom. The van der Waals surface area contributed by atoms with Gasteiger partial charge in [0.05, 0.1) is 25.5 Å². The van der Waals surface area contributed by atoms with E-state index in [4.69, 9.17) is 14.5 Å². The van der Waals surface area contributed by atoms with E-state index in [1.54, 1.807) is 11.3 Å². The van der Waals surface area contributed by atoms with Crippen molar-refractivity contribution < 1.29 is 14.6 Å². The summed E-state index contributed by atoms with van der Waals surface area (Å²) in [5.74, 6) is 0.978. The van der Waals surface area contributed by atoms with Crippen molar-refractivity contribution in [3.05, 3.63) is 58.1 Å². The number of benzene rings is 2. The van der Waals surface area contributed by atoms with Crippen molar-refractivity contribution in [2.75, 3.05) is 59.2 Å². The maximum absolute atomic E-state index is 9.34. The smallest absolute Gasteiger partial charge is 0.124 e.